The lowest BCUT2D eigenvalue weighted by molar-refractivity contribution is -0.121. The van der Waals surface area contributed by atoms with Gasteiger partial charge in [-0.25, -0.2) is 0 Å². The molecule has 30 heavy (non-hydrogen) atoms. The van der Waals surface area contributed by atoms with Crippen molar-refractivity contribution in [2.24, 2.45) is 5.73 Å². The van der Waals surface area contributed by atoms with E-state index < -0.39 is 0 Å². The van der Waals surface area contributed by atoms with Crippen LogP contribution in [-0.4, -0.2) is 32.0 Å². The van der Waals surface area contributed by atoms with Gasteiger partial charge < -0.3 is 15.4 Å². The Kier molecular flexibility index (Phi) is 7.19. The second-order valence-electron chi connectivity index (χ2n) is 6.71. The Bertz CT molecular complexity index is 977. The van der Waals surface area contributed by atoms with E-state index in [4.69, 9.17) is 10.5 Å². The molecule has 3 aromatic carbocycles. The topological polar surface area (TPSA) is 75.9 Å². The van der Waals surface area contributed by atoms with Gasteiger partial charge in [-0.2, -0.15) is 0 Å². The maximum Gasteiger partial charge on any atom is 0.246 e. The molecule has 6 nitrogen and oxygen atoms in total. The summed E-state index contributed by atoms with van der Waals surface area (Å²) >= 11 is 0. The number of hydrogen-bond acceptors (Lipinski definition) is 4. The van der Waals surface area contributed by atoms with Crippen LogP contribution in [0.4, 0.5) is 11.4 Å². The monoisotopic (exact) mass is 403 g/mol. The number of para-hydroxylation sites is 3. The lowest BCUT2D eigenvalue weighted by atomic mass is 10.2. The molecule has 0 fully saturated rings. The molecule has 3 rings (SSSR count). The summed E-state index contributed by atoms with van der Waals surface area (Å²) in [6, 6.07) is 26.2. The highest BCUT2D eigenvalue weighted by atomic mass is 16.5. The van der Waals surface area contributed by atoms with Crippen molar-refractivity contribution < 1.29 is 14.3 Å². The molecule has 0 bridgehead atoms. The van der Waals surface area contributed by atoms with Gasteiger partial charge in [0.05, 0.1) is 12.2 Å². The summed E-state index contributed by atoms with van der Waals surface area (Å²) in [5.41, 5.74) is 7.89. The fourth-order valence-electron chi connectivity index (χ4n) is 2.99. The third-order valence-electron chi connectivity index (χ3n) is 4.68. The number of carbonyl (C=O) groups is 2. The maximum atomic E-state index is 12.9. The average Bonchev–Trinajstić information content (AvgIpc) is 2.81. The number of nitrogens with two attached hydrogens (primary N) is 1. The summed E-state index contributed by atoms with van der Waals surface area (Å²) in [5, 5.41) is 0. The SMILES string of the molecule is CN(C(=O)CN(C(=O)CN)c1ccccc1OCc1ccccc1)c1ccccc1. The van der Waals surface area contributed by atoms with Gasteiger partial charge in [-0.1, -0.05) is 60.7 Å². The zero-order valence-electron chi connectivity index (χ0n) is 16.9. The van der Waals surface area contributed by atoms with Gasteiger partial charge in [-0.3, -0.25) is 14.5 Å². The molecule has 0 saturated heterocycles. The highest BCUT2D eigenvalue weighted by Gasteiger charge is 2.23. The minimum atomic E-state index is -0.361. The Labute approximate surface area is 176 Å². The summed E-state index contributed by atoms with van der Waals surface area (Å²) in [5.74, 6) is -0.0836. The number of rotatable bonds is 8. The molecule has 2 N–H and O–H groups in total. The van der Waals surface area contributed by atoms with Crippen LogP contribution in [0.1, 0.15) is 5.56 Å². The van der Waals surface area contributed by atoms with E-state index >= 15 is 0 Å². The Hall–Kier alpha value is -3.64. The highest BCUT2D eigenvalue weighted by Crippen LogP contribution is 2.29. The van der Waals surface area contributed by atoms with Crippen LogP contribution in [0.25, 0.3) is 0 Å². The Morgan fingerprint density at radius 1 is 0.833 bits per heavy atom. The molecule has 0 atom stereocenters. The fraction of sp³-hybridized carbons (Fsp3) is 0.167. The average molecular weight is 403 g/mol. The van der Waals surface area contributed by atoms with Crippen LogP contribution in [0.3, 0.4) is 0 Å². The van der Waals surface area contributed by atoms with E-state index in [1.807, 2.05) is 66.7 Å². The van der Waals surface area contributed by atoms with Crippen molar-refractivity contribution in [1.82, 2.24) is 0 Å². The summed E-state index contributed by atoms with van der Waals surface area (Å²) in [4.78, 5) is 28.4. The van der Waals surface area contributed by atoms with E-state index in [2.05, 4.69) is 0 Å². The van der Waals surface area contributed by atoms with Gasteiger partial charge in [0.25, 0.3) is 0 Å². The molecule has 0 heterocycles. The number of benzene rings is 3. The molecular weight excluding hydrogens is 378 g/mol. The summed E-state index contributed by atoms with van der Waals surface area (Å²) in [6.07, 6.45) is 0. The Balaban J connectivity index is 1.82. The van der Waals surface area contributed by atoms with Crippen molar-refractivity contribution in [3.8, 4) is 5.75 Å². The Morgan fingerprint density at radius 3 is 2.10 bits per heavy atom. The van der Waals surface area contributed by atoms with Gasteiger partial charge in [0.2, 0.25) is 11.8 Å². The van der Waals surface area contributed by atoms with Crippen LogP contribution in [0.2, 0.25) is 0 Å². The molecule has 0 aliphatic rings. The van der Waals surface area contributed by atoms with Gasteiger partial charge in [0, 0.05) is 12.7 Å². The van der Waals surface area contributed by atoms with Gasteiger partial charge in [0.15, 0.2) is 0 Å². The molecule has 0 radical (unpaired) electrons. The number of anilines is 2. The molecule has 0 saturated carbocycles. The molecule has 154 valence electrons. The van der Waals surface area contributed by atoms with Crippen molar-refractivity contribution >= 4 is 23.2 Å². The standard InChI is InChI=1S/C24H25N3O3/c1-26(20-12-6-3-7-13-20)24(29)17-27(23(28)16-25)21-14-8-9-15-22(21)30-18-19-10-4-2-5-11-19/h2-15H,16-18,25H2,1H3. The predicted octanol–water partition coefficient (Wildman–Crippen LogP) is 3.22. The van der Waals surface area contributed by atoms with Gasteiger partial charge in [-0.05, 0) is 29.8 Å². The molecule has 0 unspecified atom stereocenters. The lowest BCUT2D eigenvalue weighted by Gasteiger charge is -2.26. The van der Waals surface area contributed by atoms with Crippen molar-refractivity contribution in [1.29, 1.82) is 0 Å². The smallest absolute Gasteiger partial charge is 0.246 e. The molecule has 0 spiro atoms. The first-order valence-corrected chi connectivity index (χ1v) is 9.68. The normalized spacial score (nSPS) is 10.3. The third kappa shape index (κ3) is 5.24. The number of nitrogens with zero attached hydrogens (tertiary/aromatic N) is 2. The number of carbonyl (C=O) groups excluding carboxylic acids is 2. The van der Waals surface area contributed by atoms with Crippen molar-refractivity contribution in [3.63, 3.8) is 0 Å². The molecule has 0 aliphatic carbocycles. The van der Waals surface area contributed by atoms with Crippen molar-refractivity contribution in [2.75, 3.05) is 29.9 Å². The van der Waals surface area contributed by atoms with Crippen LogP contribution in [0, 0.1) is 0 Å². The number of ether oxygens (including phenoxy) is 1. The summed E-state index contributed by atoms with van der Waals surface area (Å²) < 4.78 is 5.97. The first-order chi connectivity index (χ1) is 14.6. The van der Waals surface area contributed by atoms with Gasteiger partial charge in [-0.15, -0.1) is 0 Å². The Morgan fingerprint density at radius 2 is 1.43 bits per heavy atom. The van der Waals surface area contributed by atoms with Crippen LogP contribution in [-0.2, 0) is 16.2 Å². The number of likely N-dealkylation sites (N-methyl/N-ethyl adjacent to an activating group) is 1. The summed E-state index contributed by atoms with van der Waals surface area (Å²) in [7, 11) is 1.68. The largest absolute Gasteiger partial charge is 0.487 e. The zero-order valence-corrected chi connectivity index (χ0v) is 16.9. The van der Waals surface area contributed by atoms with E-state index in [9.17, 15) is 9.59 Å². The van der Waals surface area contributed by atoms with Crippen LogP contribution in [0.15, 0.2) is 84.9 Å². The quantitative estimate of drug-likeness (QED) is 0.627. The minimum Gasteiger partial charge on any atom is -0.487 e. The molecule has 3 aromatic rings. The van der Waals surface area contributed by atoms with E-state index in [-0.39, 0.29) is 24.9 Å². The predicted molar refractivity (Wildman–Crippen MR) is 118 cm³/mol. The highest BCUT2D eigenvalue weighted by molar-refractivity contribution is 6.04. The van der Waals surface area contributed by atoms with E-state index in [0.29, 0.717) is 18.0 Å². The molecule has 0 aromatic heterocycles. The maximum absolute atomic E-state index is 12.9. The van der Waals surface area contributed by atoms with E-state index in [1.165, 1.54) is 9.80 Å². The third-order valence-corrected chi connectivity index (χ3v) is 4.68. The second kappa shape index (κ2) is 10.2. The van der Waals surface area contributed by atoms with Crippen molar-refractivity contribution in [3.05, 3.63) is 90.5 Å². The van der Waals surface area contributed by atoms with Gasteiger partial charge in [0.1, 0.15) is 18.9 Å². The molecular formula is C24H25N3O3. The number of amides is 2. The van der Waals surface area contributed by atoms with E-state index in [0.717, 1.165) is 11.3 Å². The summed E-state index contributed by atoms with van der Waals surface area (Å²) in [6.45, 7) is -0.0110. The zero-order chi connectivity index (χ0) is 21.3. The fourth-order valence-corrected chi connectivity index (χ4v) is 2.99. The van der Waals surface area contributed by atoms with Crippen LogP contribution in [0.5, 0.6) is 5.75 Å². The minimum absolute atomic E-state index is 0.146. The molecule has 0 aliphatic heterocycles. The first-order valence-electron chi connectivity index (χ1n) is 9.68. The van der Waals surface area contributed by atoms with Crippen molar-refractivity contribution in [2.45, 2.75) is 6.61 Å². The molecule has 2 amide bonds. The van der Waals surface area contributed by atoms with E-state index in [1.54, 1.807) is 25.2 Å². The number of hydrogen-bond donors (Lipinski definition) is 1. The lowest BCUT2D eigenvalue weighted by Crippen LogP contribution is -2.44. The van der Waals surface area contributed by atoms with Gasteiger partial charge >= 0.3 is 0 Å². The second-order valence-corrected chi connectivity index (χ2v) is 6.71. The van der Waals surface area contributed by atoms with Crippen LogP contribution >= 0.6 is 0 Å². The molecule has 6 heteroatoms. The first kappa shape index (κ1) is 21.1. The van der Waals surface area contributed by atoms with Crippen LogP contribution < -0.4 is 20.3 Å².